The van der Waals surface area contributed by atoms with Crippen LogP contribution in [0, 0.1) is 40.4 Å². The number of alkyl carbamates (subject to hydrolysis) is 1. The number of nitrogens with zero attached hydrogens (tertiary/aromatic N) is 2. The van der Waals surface area contributed by atoms with Gasteiger partial charge in [-0.3, -0.25) is 15.1 Å². The highest BCUT2D eigenvalue weighted by molar-refractivity contribution is 5.87. The molecular weight excluding hydrogens is 520 g/mol. The van der Waals surface area contributed by atoms with E-state index in [-0.39, 0.29) is 40.6 Å². The van der Waals surface area contributed by atoms with Crippen molar-refractivity contribution in [2.75, 3.05) is 25.0 Å². The third kappa shape index (κ3) is 9.45. The topological polar surface area (TPSA) is 142 Å². The van der Waals surface area contributed by atoms with Crippen molar-refractivity contribution in [3.05, 3.63) is 21.6 Å². The molecule has 1 aromatic rings. The van der Waals surface area contributed by atoms with Crippen molar-refractivity contribution in [2.45, 2.75) is 107 Å². The Morgan fingerprint density at radius 1 is 1.00 bits per heavy atom. The predicted octanol–water partition coefficient (Wildman–Crippen LogP) is 5.76. The summed E-state index contributed by atoms with van der Waals surface area (Å²) in [6.07, 6.45) is 6.17. The first-order valence-corrected chi connectivity index (χ1v) is 15.1. The van der Waals surface area contributed by atoms with Crippen LogP contribution in [0.2, 0.25) is 0 Å². The van der Waals surface area contributed by atoms with Gasteiger partial charge in [0, 0.05) is 30.8 Å². The Labute approximate surface area is 245 Å². The molecule has 0 spiro atoms. The second-order valence-electron chi connectivity index (χ2n) is 15.6. The number of carbonyl (C=O) groups is 2. The quantitative estimate of drug-likeness (QED) is 0.177. The molecule has 5 N–H and O–H groups in total. The van der Waals surface area contributed by atoms with Crippen molar-refractivity contribution in [1.82, 2.24) is 20.3 Å². The summed E-state index contributed by atoms with van der Waals surface area (Å²) >= 11 is 0. The van der Waals surface area contributed by atoms with E-state index in [1.54, 1.807) is 6.92 Å². The van der Waals surface area contributed by atoms with Crippen molar-refractivity contribution in [3.8, 4) is 0 Å². The number of H-pyrrole nitrogens is 1. The molecule has 1 heterocycles. The Kier molecular flexibility index (Phi) is 9.88. The van der Waals surface area contributed by atoms with E-state index < -0.39 is 17.7 Å². The fourth-order valence-electron chi connectivity index (χ4n) is 8.77. The highest BCUT2D eigenvalue weighted by atomic mass is 16.5. The first kappa shape index (κ1) is 32.9. The van der Waals surface area contributed by atoms with Gasteiger partial charge in [0.25, 0.3) is 5.56 Å². The summed E-state index contributed by atoms with van der Waals surface area (Å²) in [7, 11) is 0. The van der Waals surface area contributed by atoms with E-state index in [1.165, 1.54) is 11.4 Å². The third-order valence-electron chi connectivity index (χ3n) is 8.81. The number of nitrogens with one attached hydrogen (secondary N) is 3. The lowest BCUT2D eigenvalue weighted by molar-refractivity contribution is 0.0388. The molecule has 0 radical (unpaired) electrons. The van der Waals surface area contributed by atoms with Crippen LogP contribution in [-0.4, -0.2) is 46.8 Å². The normalized spacial score (nSPS) is 28.9. The molecule has 2 aliphatic carbocycles. The van der Waals surface area contributed by atoms with E-state index in [0.29, 0.717) is 36.2 Å². The number of amides is 3. The van der Waals surface area contributed by atoms with Crippen LogP contribution in [0.25, 0.3) is 0 Å². The molecule has 0 saturated heterocycles. The van der Waals surface area contributed by atoms with Gasteiger partial charge in [-0.15, -0.1) is 0 Å². The van der Waals surface area contributed by atoms with Gasteiger partial charge in [-0.1, -0.05) is 55.4 Å². The Morgan fingerprint density at radius 2 is 1.56 bits per heavy atom. The SMILES string of the molecule is Cc1[nH]c(NC(=O)N(N)CC2(C)CC(C)CC(C)(C)C2)nc(=O)c1CCOC(=O)NCC1(C)CC(C)CC(C)(C)C1. The maximum absolute atomic E-state index is 12.8. The van der Waals surface area contributed by atoms with Gasteiger partial charge in [0.1, 0.15) is 0 Å². The number of hydrazine groups is 1. The summed E-state index contributed by atoms with van der Waals surface area (Å²) < 4.78 is 5.38. The number of aryl methyl sites for hydroxylation is 1. The zero-order chi connectivity index (χ0) is 30.8. The average molecular weight is 575 g/mol. The van der Waals surface area contributed by atoms with Crippen LogP contribution >= 0.6 is 0 Å². The lowest BCUT2D eigenvalue weighted by Gasteiger charge is -2.47. The van der Waals surface area contributed by atoms with Crippen molar-refractivity contribution in [2.24, 2.45) is 39.3 Å². The Bertz CT molecular complexity index is 1160. The number of ether oxygens (including phenoxy) is 1. The number of rotatable bonds is 8. The number of urea groups is 1. The van der Waals surface area contributed by atoms with Crippen LogP contribution < -0.4 is 22.0 Å². The van der Waals surface area contributed by atoms with E-state index in [0.717, 1.165) is 32.1 Å². The number of hydrogen-bond acceptors (Lipinski definition) is 6. The molecule has 0 bridgehead atoms. The Morgan fingerprint density at radius 3 is 2.12 bits per heavy atom. The molecule has 4 unspecified atom stereocenters. The zero-order valence-corrected chi connectivity index (χ0v) is 26.8. The molecule has 3 amide bonds. The summed E-state index contributed by atoms with van der Waals surface area (Å²) in [5.41, 5.74) is 0.849. The van der Waals surface area contributed by atoms with E-state index in [9.17, 15) is 14.4 Å². The van der Waals surface area contributed by atoms with Gasteiger partial charge < -0.3 is 15.0 Å². The fourth-order valence-corrected chi connectivity index (χ4v) is 8.77. The molecule has 10 heteroatoms. The van der Waals surface area contributed by atoms with Crippen molar-refractivity contribution >= 4 is 18.1 Å². The van der Waals surface area contributed by atoms with Gasteiger partial charge >= 0.3 is 12.1 Å². The molecule has 0 aromatic carbocycles. The molecular formula is C31H54N6O4. The lowest BCUT2D eigenvalue weighted by Crippen LogP contribution is -2.50. The van der Waals surface area contributed by atoms with Crippen LogP contribution in [0.5, 0.6) is 0 Å². The molecule has 2 fully saturated rings. The average Bonchev–Trinajstić information content (AvgIpc) is 2.75. The number of carbonyl (C=O) groups excluding carboxylic acids is 2. The standard InChI is InChI=1S/C31H54N6O4/c1-20-12-28(4,5)16-30(8,14-20)18-33-27(40)41-11-10-23-22(3)34-25(35-24(23)38)36-26(39)37(32)19-31(9)15-21(2)13-29(6,7)17-31/h20-21H,10-19,32H2,1-9H3,(H,33,40)(H2,34,35,36,38,39). The van der Waals surface area contributed by atoms with Crippen molar-refractivity contribution in [1.29, 1.82) is 0 Å². The van der Waals surface area contributed by atoms with Gasteiger partial charge in [-0.05, 0) is 78.9 Å². The maximum Gasteiger partial charge on any atom is 0.407 e. The van der Waals surface area contributed by atoms with Gasteiger partial charge in [-0.2, -0.15) is 4.98 Å². The van der Waals surface area contributed by atoms with Crippen LogP contribution in [-0.2, 0) is 11.2 Å². The number of nitrogens with two attached hydrogens (primary N) is 1. The molecule has 4 atom stereocenters. The van der Waals surface area contributed by atoms with Crippen LogP contribution in [0.15, 0.2) is 4.79 Å². The van der Waals surface area contributed by atoms with E-state index in [4.69, 9.17) is 10.6 Å². The van der Waals surface area contributed by atoms with E-state index in [1.807, 2.05) is 0 Å². The predicted molar refractivity (Wildman–Crippen MR) is 162 cm³/mol. The third-order valence-corrected chi connectivity index (χ3v) is 8.81. The van der Waals surface area contributed by atoms with Crippen molar-refractivity contribution in [3.63, 3.8) is 0 Å². The van der Waals surface area contributed by atoms with Gasteiger partial charge in [0.05, 0.1) is 6.61 Å². The lowest BCUT2D eigenvalue weighted by atomic mass is 9.61. The summed E-state index contributed by atoms with van der Waals surface area (Å²) in [4.78, 5) is 45.0. The highest BCUT2D eigenvalue weighted by Gasteiger charge is 2.41. The second-order valence-corrected chi connectivity index (χ2v) is 15.6. The minimum atomic E-state index is -0.526. The van der Waals surface area contributed by atoms with E-state index in [2.05, 4.69) is 76.0 Å². The van der Waals surface area contributed by atoms with Gasteiger partial charge in [0.15, 0.2) is 0 Å². The monoisotopic (exact) mass is 574 g/mol. The summed E-state index contributed by atoms with van der Waals surface area (Å²) in [5, 5.41) is 6.72. The Hall–Kier alpha value is -2.62. The smallest absolute Gasteiger partial charge is 0.407 e. The second kappa shape index (κ2) is 12.3. The molecule has 1 aromatic heterocycles. The van der Waals surface area contributed by atoms with Gasteiger partial charge in [0.2, 0.25) is 5.95 Å². The first-order chi connectivity index (χ1) is 18.8. The minimum Gasteiger partial charge on any atom is -0.449 e. The van der Waals surface area contributed by atoms with Crippen molar-refractivity contribution < 1.29 is 14.3 Å². The summed E-state index contributed by atoms with van der Waals surface area (Å²) in [6, 6.07) is -0.526. The molecule has 3 rings (SSSR count). The molecule has 41 heavy (non-hydrogen) atoms. The Balaban J connectivity index is 1.50. The molecule has 2 saturated carbocycles. The van der Waals surface area contributed by atoms with Crippen LogP contribution in [0.3, 0.4) is 0 Å². The fraction of sp³-hybridized carbons (Fsp3) is 0.806. The minimum absolute atomic E-state index is 0.0281. The molecule has 2 aliphatic rings. The summed E-state index contributed by atoms with van der Waals surface area (Å²) in [5.74, 6) is 7.37. The number of aromatic amines is 1. The maximum atomic E-state index is 12.8. The van der Waals surface area contributed by atoms with Crippen LogP contribution in [0.4, 0.5) is 15.5 Å². The number of hydrogen-bond donors (Lipinski definition) is 4. The first-order valence-electron chi connectivity index (χ1n) is 15.1. The molecule has 232 valence electrons. The number of aromatic nitrogens is 2. The molecule has 0 aliphatic heterocycles. The van der Waals surface area contributed by atoms with E-state index >= 15 is 0 Å². The van der Waals surface area contributed by atoms with Crippen LogP contribution in [0.1, 0.15) is 105 Å². The largest absolute Gasteiger partial charge is 0.449 e. The molecule has 10 nitrogen and oxygen atoms in total. The number of anilines is 1. The highest BCUT2D eigenvalue weighted by Crippen LogP contribution is 2.49. The summed E-state index contributed by atoms with van der Waals surface area (Å²) in [6.45, 7) is 20.8. The van der Waals surface area contributed by atoms with Gasteiger partial charge in [-0.25, -0.2) is 15.4 Å². The zero-order valence-electron chi connectivity index (χ0n) is 26.8.